The van der Waals surface area contributed by atoms with Crippen molar-refractivity contribution in [3.63, 3.8) is 0 Å². The number of amides is 1. The number of carbonyl (C=O) groups is 1. The van der Waals surface area contributed by atoms with Gasteiger partial charge in [0.15, 0.2) is 11.5 Å². The van der Waals surface area contributed by atoms with E-state index in [-0.39, 0.29) is 35.9 Å². The molecule has 1 aromatic carbocycles. The summed E-state index contributed by atoms with van der Waals surface area (Å²) < 4.78 is 46.3. The van der Waals surface area contributed by atoms with Crippen LogP contribution in [-0.2, 0) is 26.3 Å². The van der Waals surface area contributed by atoms with E-state index in [4.69, 9.17) is 4.52 Å². The summed E-state index contributed by atoms with van der Waals surface area (Å²) in [4.78, 5) is 14.9. The zero-order valence-corrected chi connectivity index (χ0v) is 20.2. The Balaban J connectivity index is 1.94. The molecule has 0 fully saturated rings. The van der Waals surface area contributed by atoms with E-state index in [2.05, 4.69) is 15.6 Å². The smallest absolute Gasteiger partial charge is 0.355 e. The van der Waals surface area contributed by atoms with Crippen LogP contribution >= 0.6 is 0 Å². The van der Waals surface area contributed by atoms with Gasteiger partial charge in [-0.05, 0) is 45.0 Å². The van der Waals surface area contributed by atoms with Crippen molar-refractivity contribution >= 4 is 5.91 Å². The third kappa shape index (κ3) is 5.85. The lowest BCUT2D eigenvalue weighted by atomic mass is 10.0. The number of rotatable bonds is 8. The van der Waals surface area contributed by atoms with E-state index in [1.807, 2.05) is 52.8 Å². The van der Waals surface area contributed by atoms with E-state index in [1.54, 1.807) is 4.68 Å². The molecular formula is C24H30F3N5O2. The van der Waals surface area contributed by atoms with Crippen LogP contribution < -0.4 is 5.32 Å². The predicted molar refractivity (Wildman–Crippen MR) is 122 cm³/mol. The zero-order chi connectivity index (χ0) is 25.2. The van der Waals surface area contributed by atoms with E-state index in [9.17, 15) is 18.0 Å². The first-order valence-corrected chi connectivity index (χ1v) is 11.0. The summed E-state index contributed by atoms with van der Waals surface area (Å²) in [6, 6.07) is 6.51. The SMILES string of the molecule is Cc1cc(CN(C)Cc2c(C(=O)N[C@@H](C)C(C)C)noc2-c2ccc(C(F)(F)F)cc2)nn1C. The van der Waals surface area contributed by atoms with Gasteiger partial charge < -0.3 is 9.84 Å². The number of benzene rings is 1. The molecule has 0 aliphatic rings. The van der Waals surface area contributed by atoms with Gasteiger partial charge in [0.1, 0.15) is 0 Å². The lowest BCUT2D eigenvalue weighted by molar-refractivity contribution is -0.137. The number of alkyl halides is 3. The fourth-order valence-corrected chi connectivity index (χ4v) is 3.43. The molecule has 34 heavy (non-hydrogen) atoms. The number of nitrogens with one attached hydrogen (secondary N) is 1. The molecule has 3 rings (SSSR count). The molecule has 0 spiro atoms. The average Bonchev–Trinajstić information content (AvgIpc) is 3.29. The molecule has 1 amide bonds. The first kappa shape index (κ1) is 25.5. The molecule has 0 aliphatic heterocycles. The van der Waals surface area contributed by atoms with E-state index >= 15 is 0 Å². The van der Waals surface area contributed by atoms with Crippen LogP contribution in [0, 0.1) is 12.8 Å². The number of nitrogens with zero attached hydrogens (tertiary/aromatic N) is 4. The highest BCUT2D eigenvalue weighted by Crippen LogP contribution is 2.33. The van der Waals surface area contributed by atoms with Gasteiger partial charge in [-0.1, -0.05) is 31.1 Å². The van der Waals surface area contributed by atoms with Crippen molar-refractivity contribution in [1.82, 2.24) is 25.2 Å². The maximum atomic E-state index is 13.0. The van der Waals surface area contributed by atoms with E-state index in [0.717, 1.165) is 23.5 Å². The number of hydrogen-bond acceptors (Lipinski definition) is 5. The molecule has 0 saturated carbocycles. The highest BCUT2D eigenvalue weighted by atomic mass is 19.4. The van der Waals surface area contributed by atoms with Crippen molar-refractivity contribution in [3.8, 4) is 11.3 Å². The first-order valence-electron chi connectivity index (χ1n) is 11.0. The molecule has 0 radical (unpaired) electrons. The Morgan fingerprint density at radius 1 is 1.18 bits per heavy atom. The van der Waals surface area contributed by atoms with Crippen LogP contribution in [0.2, 0.25) is 0 Å². The molecule has 184 valence electrons. The minimum absolute atomic E-state index is 0.0965. The molecule has 1 atom stereocenters. The number of aryl methyl sites for hydroxylation is 2. The normalized spacial score (nSPS) is 13.0. The summed E-state index contributed by atoms with van der Waals surface area (Å²) in [5.41, 5.74) is 2.14. The monoisotopic (exact) mass is 477 g/mol. The van der Waals surface area contributed by atoms with E-state index in [1.165, 1.54) is 12.1 Å². The Labute approximate surface area is 196 Å². The minimum atomic E-state index is -4.44. The van der Waals surface area contributed by atoms with Crippen LogP contribution in [0.4, 0.5) is 13.2 Å². The Kier molecular flexibility index (Phi) is 7.50. The molecular weight excluding hydrogens is 447 g/mol. The van der Waals surface area contributed by atoms with Crippen LogP contribution in [0.1, 0.15) is 53.8 Å². The number of carbonyl (C=O) groups excluding carboxylic acids is 1. The summed E-state index contributed by atoms with van der Waals surface area (Å²) in [6.45, 7) is 8.62. The highest BCUT2D eigenvalue weighted by molar-refractivity contribution is 5.95. The Morgan fingerprint density at radius 3 is 2.35 bits per heavy atom. The maximum absolute atomic E-state index is 13.0. The number of hydrogen-bond donors (Lipinski definition) is 1. The largest absolute Gasteiger partial charge is 0.416 e. The molecule has 10 heteroatoms. The Bertz CT molecular complexity index is 1110. The van der Waals surface area contributed by atoms with Crippen molar-refractivity contribution in [3.05, 3.63) is 58.5 Å². The first-order chi connectivity index (χ1) is 15.9. The summed E-state index contributed by atoms with van der Waals surface area (Å²) in [6.07, 6.45) is -4.44. The van der Waals surface area contributed by atoms with Gasteiger partial charge in [0.25, 0.3) is 5.91 Å². The molecule has 0 saturated heterocycles. The lowest BCUT2D eigenvalue weighted by Crippen LogP contribution is -2.37. The van der Waals surface area contributed by atoms with Crippen molar-refractivity contribution in [1.29, 1.82) is 0 Å². The minimum Gasteiger partial charge on any atom is -0.355 e. The van der Waals surface area contributed by atoms with Crippen molar-refractivity contribution in [2.24, 2.45) is 13.0 Å². The molecule has 3 aromatic rings. The maximum Gasteiger partial charge on any atom is 0.416 e. The quantitative estimate of drug-likeness (QED) is 0.504. The summed E-state index contributed by atoms with van der Waals surface area (Å²) in [5, 5.41) is 11.4. The Morgan fingerprint density at radius 2 is 1.82 bits per heavy atom. The van der Waals surface area contributed by atoms with Crippen LogP contribution in [-0.4, -0.2) is 38.8 Å². The van der Waals surface area contributed by atoms with Gasteiger partial charge in [-0.15, -0.1) is 0 Å². The van der Waals surface area contributed by atoms with Gasteiger partial charge in [-0.3, -0.25) is 14.4 Å². The van der Waals surface area contributed by atoms with Crippen LogP contribution in [0.3, 0.4) is 0 Å². The molecule has 7 nitrogen and oxygen atoms in total. The molecule has 0 aliphatic carbocycles. The van der Waals surface area contributed by atoms with Gasteiger partial charge in [0, 0.05) is 43.0 Å². The van der Waals surface area contributed by atoms with Crippen molar-refractivity contribution in [2.75, 3.05) is 7.05 Å². The van der Waals surface area contributed by atoms with Gasteiger partial charge in [0.05, 0.1) is 11.3 Å². The molecule has 1 N–H and O–H groups in total. The average molecular weight is 478 g/mol. The highest BCUT2D eigenvalue weighted by Gasteiger charge is 2.31. The summed E-state index contributed by atoms with van der Waals surface area (Å²) in [5.74, 6) is 0.0871. The standard InChI is InChI=1S/C24H30F3N5O2/c1-14(2)16(4)28-23(33)21-20(13-31(5)12-19-11-15(3)32(6)29-19)22(34-30-21)17-7-9-18(10-8-17)24(25,26)27/h7-11,14,16H,12-13H2,1-6H3,(H,28,33)/t16-/m0/s1. The van der Waals surface area contributed by atoms with Gasteiger partial charge in [-0.25, -0.2) is 0 Å². The summed E-state index contributed by atoms with van der Waals surface area (Å²) >= 11 is 0. The van der Waals surface area contributed by atoms with Crippen molar-refractivity contribution < 1.29 is 22.5 Å². The number of aromatic nitrogens is 3. The second kappa shape index (κ2) is 10.0. The third-order valence-corrected chi connectivity index (χ3v) is 5.86. The second-order valence-corrected chi connectivity index (χ2v) is 8.99. The second-order valence-electron chi connectivity index (χ2n) is 8.99. The topological polar surface area (TPSA) is 76.2 Å². The van der Waals surface area contributed by atoms with Crippen molar-refractivity contribution in [2.45, 2.75) is 53.0 Å². The molecule has 0 bridgehead atoms. The number of halogens is 3. The van der Waals surface area contributed by atoms with Crippen LogP contribution in [0.15, 0.2) is 34.9 Å². The third-order valence-electron chi connectivity index (χ3n) is 5.86. The van der Waals surface area contributed by atoms with Crippen LogP contribution in [0.5, 0.6) is 0 Å². The van der Waals surface area contributed by atoms with E-state index in [0.29, 0.717) is 17.7 Å². The van der Waals surface area contributed by atoms with Gasteiger partial charge in [0.2, 0.25) is 0 Å². The fourth-order valence-electron chi connectivity index (χ4n) is 3.43. The molecule has 2 heterocycles. The lowest BCUT2D eigenvalue weighted by Gasteiger charge is -2.18. The molecule has 2 aromatic heterocycles. The molecule has 0 unspecified atom stereocenters. The van der Waals surface area contributed by atoms with Crippen LogP contribution in [0.25, 0.3) is 11.3 Å². The zero-order valence-electron chi connectivity index (χ0n) is 20.2. The fraction of sp³-hybridized carbons (Fsp3) is 0.458. The predicted octanol–water partition coefficient (Wildman–Crippen LogP) is 4.81. The summed E-state index contributed by atoms with van der Waals surface area (Å²) in [7, 11) is 3.73. The van der Waals surface area contributed by atoms with Gasteiger partial charge >= 0.3 is 6.18 Å². The van der Waals surface area contributed by atoms with E-state index < -0.39 is 11.7 Å². The Hall–Kier alpha value is -3.14. The van der Waals surface area contributed by atoms with Gasteiger partial charge in [-0.2, -0.15) is 18.3 Å².